The number of anilines is 1. The number of carbonyl (C=O) groups is 1. The van der Waals surface area contributed by atoms with Gasteiger partial charge in [0.05, 0.1) is 27.5 Å². The third-order valence-corrected chi connectivity index (χ3v) is 7.37. The summed E-state index contributed by atoms with van der Waals surface area (Å²) < 4.78 is 30.4. The molecule has 1 unspecified atom stereocenters. The number of benzene rings is 1. The fourth-order valence-electron chi connectivity index (χ4n) is 5.12. The summed E-state index contributed by atoms with van der Waals surface area (Å²) in [5.74, 6) is -1.18. The molecule has 1 aliphatic heterocycles. The van der Waals surface area contributed by atoms with Crippen LogP contribution in [-0.2, 0) is 0 Å². The topological polar surface area (TPSA) is 104 Å². The van der Waals surface area contributed by atoms with Crippen molar-refractivity contribution in [3.05, 3.63) is 74.9 Å². The van der Waals surface area contributed by atoms with E-state index in [0.29, 0.717) is 16.8 Å². The van der Waals surface area contributed by atoms with Gasteiger partial charge in [0.15, 0.2) is 5.65 Å². The standard InChI is InChI=1S/C28H27ClF2N6O3/c1-14(2)22-24(15(3)7-8-32-22)37-26-19(12-20(29)23(33-26)18-11-17(30)5-6-21(18)31)25(34-27(37)38)36-10-9-35(28(39)40)13-16(36)4/h5-8,11-12,14,16H,9-10,13H2,1-4H3,(H,39,40). The Balaban J connectivity index is 1.85. The van der Waals surface area contributed by atoms with Crippen LogP contribution in [0.4, 0.5) is 19.4 Å². The molecule has 1 aromatic carbocycles. The maximum absolute atomic E-state index is 14.9. The minimum Gasteiger partial charge on any atom is -0.465 e. The van der Waals surface area contributed by atoms with E-state index in [2.05, 4.69) is 15.0 Å². The first-order valence-electron chi connectivity index (χ1n) is 12.8. The third-order valence-electron chi connectivity index (χ3n) is 7.08. The summed E-state index contributed by atoms with van der Waals surface area (Å²) in [6, 6.07) is 5.98. The summed E-state index contributed by atoms with van der Waals surface area (Å²) in [7, 11) is 0. The van der Waals surface area contributed by atoms with Gasteiger partial charge < -0.3 is 14.9 Å². The molecule has 0 spiro atoms. The summed E-state index contributed by atoms with van der Waals surface area (Å²) in [5, 5.41) is 9.89. The van der Waals surface area contributed by atoms with Gasteiger partial charge in [0.2, 0.25) is 0 Å². The number of aromatic nitrogens is 4. The molecule has 0 saturated carbocycles. The van der Waals surface area contributed by atoms with E-state index in [-0.39, 0.29) is 59.3 Å². The molecule has 1 atom stereocenters. The molecular weight excluding hydrogens is 542 g/mol. The number of amides is 1. The minimum absolute atomic E-state index is 0.0344. The van der Waals surface area contributed by atoms with Crippen LogP contribution < -0.4 is 10.6 Å². The highest BCUT2D eigenvalue weighted by atomic mass is 35.5. The molecule has 4 aromatic rings. The second-order valence-electron chi connectivity index (χ2n) is 10.2. The monoisotopic (exact) mass is 568 g/mol. The van der Waals surface area contributed by atoms with Crippen molar-refractivity contribution in [1.29, 1.82) is 0 Å². The molecular formula is C28H27ClF2N6O3. The Morgan fingerprint density at radius 2 is 1.90 bits per heavy atom. The van der Waals surface area contributed by atoms with E-state index in [9.17, 15) is 23.5 Å². The largest absolute Gasteiger partial charge is 0.465 e. The number of pyridine rings is 2. The minimum atomic E-state index is -1.03. The molecule has 1 saturated heterocycles. The lowest BCUT2D eigenvalue weighted by Crippen LogP contribution is -2.54. The van der Waals surface area contributed by atoms with Crippen molar-refractivity contribution in [1.82, 2.24) is 24.4 Å². The van der Waals surface area contributed by atoms with Crippen molar-refractivity contribution in [2.24, 2.45) is 0 Å². The van der Waals surface area contributed by atoms with Gasteiger partial charge in [-0.1, -0.05) is 25.4 Å². The zero-order valence-electron chi connectivity index (χ0n) is 22.3. The Morgan fingerprint density at radius 1 is 1.15 bits per heavy atom. The Morgan fingerprint density at radius 3 is 2.58 bits per heavy atom. The van der Waals surface area contributed by atoms with Gasteiger partial charge in [-0.05, 0) is 55.7 Å². The van der Waals surface area contributed by atoms with E-state index in [4.69, 9.17) is 11.6 Å². The second kappa shape index (κ2) is 10.5. The Hall–Kier alpha value is -4.12. The molecule has 0 radical (unpaired) electrons. The Labute approximate surface area is 233 Å². The normalized spacial score (nSPS) is 15.8. The Kier molecular flexibility index (Phi) is 7.17. The van der Waals surface area contributed by atoms with Crippen molar-refractivity contribution in [2.75, 3.05) is 24.5 Å². The maximum atomic E-state index is 14.9. The fraction of sp³-hybridized carbons (Fsp3) is 0.321. The smallest absolute Gasteiger partial charge is 0.407 e. The van der Waals surface area contributed by atoms with Gasteiger partial charge in [-0.3, -0.25) is 4.98 Å². The first-order chi connectivity index (χ1) is 19.0. The van der Waals surface area contributed by atoms with Crippen molar-refractivity contribution in [3.63, 3.8) is 0 Å². The number of fused-ring (bicyclic) bond motifs is 1. The van der Waals surface area contributed by atoms with Crippen LogP contribution in [0.2, 0.25) is 5.02 Å². The van der Waals surface area contributed by atoms with Crippen LogP contribution in [0.25, 0.3) is 28.0 Å². The van der Waals surface area contributed by atoms with Crippen LogP contribution in [-0.4, -0.2) is 61.3 Å². The number of nitrogens with zero attached hydrogens (tertiary/aromatic N) is 6. The average Bonchev–Trinajstić information content (AvgIpc) is 2.90. The van der Waals surface area contributed by atoms with Crippen LogP contribution in [0.1, 0.15) is 37.9 Å². The van der Waals surface area contributed by atoms with E-state index >= 15 is 0 Å². The van der Waals surface area contributed by atoms with Gasteiger partial charge in [-0.25, -0.2) is 27.9 Å². The first kappa shape index (κ1) is 27.4. The summed E-state index contributed by atoms with van der Waals surface area (Å²) in [5.41, 5.74) is 1.19. The van der Waals surface area contributed by atoms with Crippen LogP contribution >= 0.6 is 11.6 Å². The number of rotatable bonds is 4. The number of halogens is 3. The average molecular weight is 569 g/mol. The van der Waals surface area contributed by atoms with Gasteiger partial charge >= 0.3 is 11.8 Å². The molecule has 5 rings (SSSR count). The molecule has 0 bridgehead atoms. The van der Waals surface area contributed by atoms with E-state index in [1.54, 1.807) is 18.3 Å². The molecule has 1 N–H and O–H groups in total. The summed E-state index contributed by atoms with van der Waals surface area (Å²) in [6.45, 7) is 8.25. The second-order valence-corrected chi connectivity index (χ2v) is 10.6. The van der Waals surface area contributed by atoms with Gasteiger partial charge in [-0.2, -0.15) is 4.98 Å². The van der Waals surface area contributed by atoms with E-state index in [1.165, 1.54) is 9.47 Å². The molecule has 12 heteroatoms. The van der Waals surface area contributed by atoms with Gasteiger partial charge in [-0.15, -0.1) is 0 Å². The zero-order valence-corrected chi connectivity index (χ0v) is 23.1. The summed E-state index contributed by atoms with van der Waals surface area (Å²) in [6.07, 6.45) is 0.629. The quantitative estimate of drug-likeness (QED) is 0.352. The Bertz CT molecular complexity index is 1710. The molecule has 208 valence electrons. The molecule has 1 aliphatic rings. The lowest BCUT2D eigenvalue weighted by atomic mass is 10.0. The molecule has 4 heterocycles. The van der Waals surface area contributed by atoms with E-state index < -0.39 is 23.4 Å². The van der Waals surface area contributed by atoms with Crippen molar-refractivity contribution in [2.45, 2.75) is 39.7 Å². The number of carboxylic acid groups (broad SMARTS) is 1. The molecule has 3 aromatic heterocycles. The zero-order chi connectivity index (χ0) is 28.9. The van der Waals surface area contributed by atoms with Crippen LogP contribution in [0.3, 0.4) is 0 Å². The van der Waals surface area contributed by atoms with E-state index in [1.807, 2.05) is 32.6 Å². The highest BCUT2D eigenvalue weighted by Crippen LogP contribution is 2.36. The number of piperazine rings is 1. The lowest BCUT2D eigenvalue weighted by molar-refractivity contribution is 0.136. The predicted molar refractivity (Wildman–Crippen MR) is 149 cm³/mol. The van der Waals surface area contributed by atoms with Crippen LogP contribution in [0.15, 0.2) is 41.3 Å². The molecule has 1 fully saturated rings. The van der Waals surface area contributed by atoms with Crippen molar-refractivity contribution < 1.29 is 18.7 Å². The molecule has 40 heavy (non-hydrogen) atoms. The number of hydrogen-bond acceptors (Lipinski definition) is 6. The summed E-state index contributed by atoms with van der Waals surface area (Å²) >= 11 is 6.64. The van der Waals surface area contributed by atoms with Gasteiger partial charge in [0, 0.05) is 37.4 Å². The maximum Gasteiger partial charge on any atom is 0.407 e. The predicted octanol–water partition coefficient (Wildman–Crippen LogP) is 5.39. The van der Waals surface area contributed by atoms with Crippen molar-refractivity contribution in [3.8, 4) is 16.9 Å². The van der Waals surface area contributed by atoms with Crippen molar-refractivity contribution >= 4 is 34.5 Å². The molecule has 0 aliphatic carbocycles. The highest BCUT2D eigenvalue weighted by molar-refractivity contribution is 6.33. The number of hydrogen-bond donors (Lipinski definition) is 1. The van der Waals surface area contributed by atoms with Gasteiger partial charge in [0.25, 0.3) is 0 Å². The summed E-state index contributed by atoms with van der Waals surface area (Å²) in [4.78, 5) is 42.2. The number of aryl methyl sites for hydroxylation is 1. The van der Waals surface area contributed by atoms with E-state index in [0.717, 1.165) is 23.8 Å². The van der Waals surface area contributed by atoms with Crippen LogP contribution in [0, 0.1) is 18.6 Å². The van der Waals surface area contributed by atoms with Gasteiger partial charge in [0.1, 0.15) is 17.5 Å². The lowest BCUT2D eigenvalue weighted by Gasteiger charge is -2.39. The third kappa shape index (κ3) is 4.74. The fourth-order valence-corrected chi connectivity index (χ4v) is 5.38. The first-order valence-corrected chi connectivity index (χ1v) is 13.1. The molecule has 1 amide bonds. The SMILES string of the molecule is Cc1ccnc(C(C)C)c1-n1c(=O)nc(N2CCN(C(=O)O)CC2C)c2cc(Cl)c(-c3cc(F)ccc3F)nc21. The van der Waals surface area contributed by atoms with Crippen LogP contribution in [0.5, 0.6) is 0 Å². The highest BCUT2D eigenvalue weighted by Gasteiger charge is 2.31. The molecule has 9 nitrogen and oxygen atoms in total.